The third-order valence-corrected chi connectivity index (χ3v) is 4.72. The summed E-state index contributed by atoms with van der Waals surface area (Å²) in [5.41, 5.74) is 4.67. The van der Waals surface area contributed by atoms with Crippen LogP contribution in [0, 0.1) is 0 Å². The Kier molecular flexibility index (Phi) is 3.73. The summed E-state index contributed by atoms with van der Waals surface area (Å²) in [5, 5.41) is 1.28. The number of H-pyrrole nitrogens is 1. The summed E-state index contributed by atoms with van der Waals surface area (Å²) >= 11 is 0. The van der Waals surface area contributed by atoms with Crippen LogP contribution in [0.2, 0.25) is 0 Å². The van der Waals surface area contributed by atoms with Crippen LogP contribution < -0.4 is 4.74 Å². The first-order valence-corrected chi connectivity index (χ1v) is 8.24. The van der Waals surface area contributed by atoms with E-state index in [9.17, 15) is 4.79 Å². The van der Waals surface area contributed by atoms with Crippen molar-refractivity contribution in [2.24, 2.45) is 0 Å². The van der Waals surface area contributed by atoms with E-state index < -0.39 is 0 Å². The summed E-state index contributed by atoms with van der Waals surface area (Å²) in [5.74, 6) is 0.949. The van der Waals surface area contributed by atoms with Crippen molar-refractivity contribution in [3.8, 4) is 5.75 Å². The molecule has 24 heavy (non-hydrogen) atoms. The number of para-hydroxylation sites is 1. The van der Waals surface area contributed by atoms with Crippen LogP contribution in [0.25, 0.3) is 10.9 Å². The van der Waals surface area contributed by atoms with Crippen molar-refractivity contribution in [1.29, 1.82) is 0 Å². The summed E-state index contributed by atoms with van der Waals surface area (Å²) in [6.07, 6.45) is 1.32. The summed E-state index contributed by atoms with van der Waals surface area (Å²) in [6.45, 7) is 1.43. The third kappa shape index (κ3) is 2.64. The van der Waals surface area contributed by atoms with Gasteiger partial charge in [0.25, 0.3) is 0 Å². The number of amides is 1. The molecular formula is C20H20N2O2. The van der Waals surface area contributed by atoms with Gasteiger partial charge in [-0.3, -0.25) is 4.79 Å². The Morgan fingerprint density at radius 1 is 1.21 bits per heavy atom. The highest BCUT2D eigenvalue weighted by atomic mass is 16.5. The number of rotatable bonds is 3. The Hall–Kier alpha value is -2.75. The zero-order valence-corrected chi connectivity index (χ0v) is 13.7. The average molecular weight is 320 g/mol. The van der Waals surface area contributed by atoms with Crippen LogP contribution in [0.5, 0.6) is 5.75 Å². The van der Waals surface area contributed by atoms with Crippen LogP contribution in [-0.2, 0) is 24.2 Å². The molecule has 4 heteroatoms. The second-order valence-corrected chi connectivity index (χ2v) is 6.22. The van der Waals surface area contributed by atoms with Crippen molar-refractivity contribution in [1.82, 2.24) is 9.88 Å². The molecule has 2 aromatic carbocycles. The molecule has 4 rings (SSSR count). The third-order valence-electron chi connectivity index (χ3n) is 4.72. The fourth-order valence-electron chi connectivity index (χ4n) is 3.47. The molecule has 3 aromatic rings. The van der Waals surface area contributed by atoms with Gasteiger partial charge >= 0.3 is 0 Å². The zero-order valence-electron chi connectivity index (χ0n) is 13.7. The Balaban J connectivity index is 1.52. The van der Waals surface area contributed by atoms with Gasteiger partial charge in [0.2, 0.25) is 5.91 Å². The molecule has 0 spiro atoms. The van der Waals surface area contributed by atoms with E-state index in [0.29, 0.717) is 13.0 Å². The Labute approximate surface area is 141 Å². The van der Waals surface area contributed by atoms with Crippen LogP contribution in [0.1, 0.15) is 16.8 Å². The Bertz CT molecular complexity index is 898. The number of methoxy groups -OCH3 is 1. The van der Waals surface area contributed by atoms with Gasteiger partial charge in [-0.05, 0) is 35.7 Å². The number of carbonyl (C=O) groups is 1. The van der Waals surface area contributed by atoms with E-state index in [2.05, 4.69) is 23.2 Å². The van der Waals surface area contributed by atoms with Crippen LogP contribution in [-0.4, -0.2) is 29.4 Å². The number of ether oxygens (including phenoxy) is 1. The molecule has 0 saturated heterocycles. The fourth-order valence-corrected chi connectivity index (χ4v) is 3.47. The normalized spacial score (nSPS) is 13.8. The topological polar surface area (TPSA) is 45.3 Å². The second-order valence-electron chi connectivity index (χ2n) is 6.22. The van der Waals surface area contributed by atoms with E-state index in [1.807, 2.05) is 35.2 Å². The summed E-state index contributed by atoms with van der Waals surface area (Å²) in [6, 6.07) is 16.1. The van der Waals surface area contributed by atoms with Gasteiger partial charge in [-0.2, -0.15) is 0 Å². The van der Waals surface area contributed by atoms with Crippen molar-refractivity contribution in [3.05, 3.63) is 65.4 Å². The number of aromatic amines is 1. The first-order valence-electron chi connectivity index (χ1n) is 8.24. The minimum atomic E-state index is 0.160. The molecule has 1 aliphatic heterocycles. The maximum atomic E-state index is 12.7. The Morgan fingerprint density at radius 2 is 2.08 bits per heavy atom. The fraction of sp³-hybridized carbons (Fsp3) is 0.250. The lowest BCUT2D eigenvalue weighted by Gasteiger charge is -2.27. The zero-order chi connectivity index (χ0) is 16.5. The Morgan fingerprint density at radius 3 is 2.96 bits per heavy atom. The molecule has 4 nitrogen and oxygen atoms in total. The number of carbonyl (C=O) groups excluding carboxylic acids is 1. The second kappa shape index (κ2) is 6.04. The molecule has 1 amide bonds. The highest BCUT2D eigenvalue weighted by Crippen LogP contribution is 2.27. The SMILES string of the molecule is COc1cccc(CC(=O)N2CCc3c([nH]c4ccccc34)C2)c1. The molecule has 1 N–H and O–H groups in total. The molecule has 122 valence electrons. The minimum Gasteiger partial charge on any atom is -0.497 e. The molecule has 0 radical (unpaired) electrons. The van der Waals surface area contributed by atoms with Gasteiger partial charge in [-0.25, -0.2) is 0 Å². The number of hydrogen-bond donors (Lipinski definition) is 1. The summed E-state index contributed by atoms with van der Waals surface area (Å²) in [4.78, 5) is 18.1. The van der Waals surface area contributed by atoms with E-state index in [1.54, 1.807) is 7.11 Å². The van der Waals surface area contributed by atoms with E-state index >= 15 is 0 Å². The van der Waals surface area contributed by atoms with E-state index in [1.165, 1.54) is 16.6 Å². The largest absolute Gasteiger partial charge is 0.497 e. The molecule has 0 fully saturated rings. The van der Waals surface area contributed by atoms with Crippen LogP contribution in [0.4, 0.5) is 0 Å². The molecule has 0 aliphatic carbocycles. The molecule has 0 atom stereocenters. The monoisotopic (exact) mass is 320 g/mol. The standard InChI is InChI=1S/C20H20N2O2/c1-24-15-6-4-5-14(11-15)12-20(23)22-10-9-17-16-7-2-3-8-18(16)21-19(17)13-22/h2-8,11,21H,9-10,12-13H2,1H3. The van der Waals surface area contributed by atoms with Crippen LogP contribution in [0.3, 0.4) is 0 Å². The summed E-state index contributed by atoms with van der Waals surface area (Å²) < 4.78 is 5.23. The van der Waals surface area contributed by atoms with E-state index in [4.69, 9.17) is 4.74 Å². The minimum absolute atomic E-state index is 0.160. The molecule has 0 unspecified atom stereocenters. The average Bonchev–Trinajstić information content (AvgIpc) is 2.99. The van der Waals surface area contributed by atoms with E-state index in [-0.39, 0.29) is 5.91 Å². The quantitative estimate of drug-likeness (QED) is 0.805. The predicted molar refractivity (Wildman–Crippen MR) is 94.1 cm³/mol. The molecule has 1 aliphatic rings. The number of nitrogens with one attached hydrogen (secondary N) is 1. The molecular weight excluding hydrogens is 300 g/mol. The molecule has 2 heterocycles. The first kappa shape index (κ1) is 14.8. The van der Waals surface area contributed by atoms with Crippen molar-refractivity contribution in [2.45, 2.75) is 19.4 Å². The number of benzene rings is 2. The summed E-state index contributed by atoms with van der Waals surface area (Å²) in [7, 11) is 1.64. The lowest BCUT2D eigenvalue weighted by atomic mass is 10.0. The van der Waals surface area contributed by atoms with Gasteiger partial charge in [0.15, 0.2) is 0 Å². The molecule has 1 aromatic heterocycles. The molecule has 0 bridgehead atoms. The van der Waals surface area contributed by atoms with Crippen molar-refractivity contribution < 1.29 is 9.53 Å². The van der Waals surface area contributed by atoms with Crippen molar-refractivity contribution >= 4 is 16.8 Å². The van der Waals surface area contributed by atoms with Gasteiger partial charge < -0.3 is 14.6 Å². The van der Waals surface area contributed by atoms with Crippen LogP contribution >= 0.6 is 0 Å². The van der Waals surface area contributed by atoms with Gasteiger partial charge in [0.1, 0.15) is 5.75 Å². The smallest absolute Gasteiger partial charge is 0.227 e. The maximum Gasteiger partial charge on any atom is 0.227 e. The van der Waals surface area contributed by atoms with Gasteiger partial charge in [0.05, 0.1) is 20.1 Å². The lowest BCUT2D eigenvalue weighted by Crippen LogP contribution is -2.36. The molecule has 0 saturated carbocycles. The van der Waals surface area contributed by atoms with E-state index in [0.717, 1.165) is 29.8 Å². The van der Waals surface area contributed by atoms with Gasteiger partial charge in [-0.15, -0.1) is 0 Å². The van der Waals surface area contributed by atoms with Crippen LogP contribution in [0.15, 0.2) is 48.5 Å². The van der Waals surface area contributed by atoms with Crippen molar-refractivity contribution in [3.63, 3.8) is 0 Å². The van der Waals surface area contributed by atoms with Gasteiger partial charge in [-0.1, -0.05) is 30.3 Å². The maximum absolute atomic E-state index is 12.7. The first-order chi connectivity index (χ1) is 11.7. The number of nitrogens with zero attached hydrogens (tertiary/aromatic N) is 1. The highest BCUT2D eigenvalue weighted by molar-refractivity contribution is 5.86. The lowest BCUT2D eigenvalue weighted by molar-refractivity contribution is -0.131. The number of aromatic nitrogens is 1. The van der Waals surface area contributed by atoms with Crippen molar-refractivity contribution in [2.75, 3.05) is 13.7 Å². The predicted octanol–water partition coefficient (Wildman–Crippen LogP) is 3.30. The number of hydrogen-bond acceptors (Lipinski definition) is 2. The number of fused-ring (bicyclic) bond motifs is 3. The highest BCUT2D eigenvalue weighted by Gasteiger charge is 2.23. The van der Waals surface area contributed by atoms with Gasteiger partial charge in [0, 0.05) is 23.1 Å².